The minimum absolute atomic E-state index is 0.236. The zero-order valence-corrected chi connectivity index (χ0v) is 19.9. The molecule has 0 N–H and O–H groups in total. The lowest BCUT2D eigenvalue weighted by atomic mass is 9.75. The Hall–Kier alpha value is -3.11. The Bertz CT molecular complexity index is 1310. The third kappa shape index (κ3) is 4.03. The van der Waals surface area contributed by atoms with E-state index in [0.717, 1.165) is 30.2 Å². The molecule has 0 radical (unpaired) electrons. The average molecular weight is 442 g/mol. The maximum atomic E-state index is 6.00. The number of aromatic nitrogens is 1. The number of hydrogen-bond donors (Lipinski definition) is 0. The number of allylic oxidation sites excluding steroid dienone is 6. The molecule has 1 aromatic heterocycles. The number of hydrogen-bond acceptors (Lipinski definition) is 3. The summed E-state index contributed by atoms with van der Waals surface area (Å²) in [6.07, 6.45) is 13.3. The van der Waals surface area contributed by atoms with Gasteiger partial charge < -0.3 is 9.64 Å². The second-order valence-electron chi connectivity index (χ2n) is 9.42. The van der Waals surface area contributed by atoms with Crippen molar-refractivity contribution in [2.75, 3.05) is 11.9 Å². The van der Waals surface area contributed by atoms with Crippen molar-refractivity contribution in [1.82, 2.24) is 0 Å². The van der Waals surface area contributed by atoms with Gasteiger partial charge >= 0.3 is 0 Å². The lowest BCUT2D eigenvalue weighted by Crippen LogP contribution is -2.29. The molecule has 162 valence electrons. The van der Waals surface area contributed by atoms with Crippen LogP contribution >= 0.6 is 11.3 Å². The Labute approximate surface area is 194 Å². The van der Waals surface area contributed by atoms with E-state index in [1.807, 2.05) is 36.6 Å². The van der Waals surface area contributed by atoms with Crippen LogP contribution in [0, 0.1) is 5.41 Å². The van der Waals surface area contributed by atoms with Gasteiger partial charge in [0.15, 0.2) is 11.6 Å². The smallest absolute Gasteiger partial charge is 0.262 e. The van der Waals surface area contributed by atoms with Crippen molar-refractivity contribution in [3.63, 3.8) is 0 Å². The van der Waals surface area contributed by atoms with Crippen molar-refractivity contribution in [2.24, 2.45) is 12.5 Å². The first kappa shape index (κ1) is 20.8. The second-order valence-corrected chi connectivity index (χ2v) is 10.5. The largest absolute Gasteiger partial charge is 0.439 e. The molecule has 0 saturated carbocycles. The minimum atomic E-state index is 0.236. The number of fused-ring (bicyclic) bond motifs is 2. The molecule has 2 aliphatic rings. The SMILES string of the molecule is CN1C(=CC=CC2=CC(=Cc3sc4ccccc4[n+]3C)CC(C)(C)C2)Oc2ccccc21. The number of anilines is 1. The minimum Gasteiger partial charge on any atom is -0.439 e. The van der Waals surface area contributed by atoms with Crippen LogP contribution in [0.25, 0.3) is 16.3 Å². The highest BCUT2D eigenvalue weighted by Gasteiger charge is 2.26. The first-order valence-corrected chi connectivity index (χ1v) is 11.9. The van der Waals surface area contributed by atoms with Crippen LogP contribution in [0.5, 0.6) is 5.75 Å². The summed E-state index contributed by atoms with van der Waals surface area (Å²) in [5.41, 5.74) is 5.37. The molecule has 0 atom stereocenters. The van der Waals surface area contributed by atoms with Gasteiger partial charge in [0.05, 0.1) is 5.69 Å². The summed E-state index contributed by atoms with van der Waals surface area (Å²) in [7, 11) is 4.20. The van der Waals surface area contributed by atoms with Crippen LogP contribution in [0.3, 0.4) is 0 Å². The predicted octanol–water partition coefficient (Wildman–Crippen LogP) is 6.78. The van der Waals surface area contributed by atoms with Crippen LogP contribution in [0.1, 0.15) is 31.7 Å². The Morgan fingerprint density at radius 1 is 1.06 bits per heavy atom. The molecule has 32 heavy (non-hydrogen) atoms. The number of aryl methyl sites for hydroxylation is 1. The third-order valence-corrected chi connectivity index (χ3v) is 7.30. The third-order valence-electron chi connectivity index (χ3n) is 6.14. The summed E-state index contributed by atoms with van der Waals surface area (Å²) < 4.78 is 9.62. The fourth-order valence-electron chi connectivity index (χ4n) is 4.63. The standard InChI is InChI=1S/C28H29N2OS/c1-28(2)18-20(10-9-15-26-29(3)22-11-5-7-13-24(22)31-26)16-21(19-28)17-27-30(4)23-12-6-8-14-25(23)32-27/h5-17H,18-19H2,1-4H3/q+1. The average Bonchev–Trinajstić information content (AvgIpc) is 3.24. The summed E-state index contributed by atoms with van der Waals surface area (Å²) in [5, 5.41) is 1.29. The number of benzene rings is 2. The lowest BCUT2D eigenvalue weighted by Gasteiger charge is -2.30. The van der Waals surface area contributed by atoms with Crippen LogP contribution in [0.2, 0.25) is 0 Å². The Morgan fingerprint density at radius 3 is 2.66 bits per heavy atom. The summed E-state index contributed by atoms with van der Waals surface area (Å²) in [6, 6.07) is 16.7. The molecule has 0 saturated heterocycles. The molecule has 0 unspecified atom stereocenters. The van der Waals surface area contributed by atoms with E-state index >= 15 is 0 Å². The molecule has 2 heterocycles. The van der Waals surface area contributed by atoms with Gasteiger partial charge in [0, 0.05) is 19.2 Å². The zero-order chi connectivity index (χ0) is 22.3. The first-order valence-electron chi connectivity index (χ1n) is 11.1. The van der Waals surface area contributed by atoms with E-state index in [2.05, 4.69) is 91.1 Å². The van der Waals surface area contributed by atoms with Gasteiger partial charge in [0.25, 0.3) is 5.01 Å². The fourth-order valence-corrected chi connectivity index (χ4v) is 5.76. The molecular weight excluding hydrogens is 412 g/mol. The van der Waals surface area contributed by atoms with E-state index < -0.39 is 0 Å². The molecule has 4 heteroatoms. The molecule has 1 aliphatic carbocycles. The summed E-state index contributed by atoms with van der Waals surface area (Å²) in [6.45, 7) is 4.71. The van der Waals surface area contributed by atoms with E-state index in [9.17, 15) is 0 Å². The van der Waals surface area contributed by atoms with Crippen molar-refractivity contribution in [3.8, 4) is 5.75 Å². The monoisotopic (exact) mass is 441 g/mol. The molecular formula is C28H29N2OS+. The van der Waals surface area contributed by atoms with Crippen LogP contribution in [-0.2, 0) is 7.05 Å². The van der Waals surface area contributed by atoms with Crippen molar-refractivity contribution in [3.05, 3.63) is 94.9 Å². The van der Waals surface area contributed by atoms with Gasteiger partial charge in [-0.2, -0.15) is 4.57 Å². The van der Waals surface area contributed by atoms with Crippen LogP contribution in [-0.4, -0.2) is 7.05 Å². The van der Waals surface area contributed by atoms with E-state index in [4.69, 9.17) is 4.74 Å². The molecule has 1 aliphatic heterocycles. The number of ether oxygens (including phenoxy) is 1. The summed E-state index contributed by atoms with van der Waals surface area (Å²) in [5.74, 6) is 1.76. The molecule has 3 aromatic rings. The molecule has 0 fully saturated rings. The van der Waals surface area contributed by atoms with Crippen molar-refractivity contribution >= 4 is 33.3 Å². The van der Waals surface area contributed by atoms with Gasteiger partial charge in [-0.25, -0.2) is 0 Å². The van der Waals surface area contributed by atoms with Crippen LogP contribution in [0.15, 0.2) is 89.9 Å². The first-order chi connectivity index (χ1) is 15.4. The normalized spacial score (nSPS) is 20.2. The van der Waals surface area contributed by atoms with Gasteiger partial charge in [0.2, 0.25) is 5.52 Å². The highest BCUT2D eigenvalue weighted by molar-refractivity contribution is 7.18. The molecule has 3 nitrogen and oxygen atoms in total. The van der Waals surface area contributed by atoms with Crippen LogP contribution < -0.4 is 14.2 Å². The molecule has 0 bridgehead atoms. The van der Waals surface area contributed by atoms with E-state index in [0.29, 0.717) is 0 Å². The van der Waals surface area contributed by atoms with Gasteiger partial charge in [-0.3, -0.25) is 0 Å². The van der Waals surface area contributed by atoms with Crippen LogP contribution in [0.4, 0.5) is 5.69 Å². The number of para-hydroxylation sites is 3. The molecule has 0 amide bonds. The van der Waals surface area contributed by atoms with Gasteiger partial charge in [-0.1, -0.05) is 67.7 Å². The van der Waals surface area contributed by atoms with Crippen molar-refractivity contribution < 1.29 is 9.30 Å². The molecule has 5 rings (SSSR count). The highest BCUT2D eigenvalue weighted by Crippen LogP contribution is 2.40. The van der Waals surface area contributed by atoms with E-state index in [1.165, 1.54) is 26.4 Å². The number of thiazole rings is 1. The topological polar surface area (TPSA) is 16.4 Å². The number of rotatable bonds is 3. The summed E-state index contributed by atoms with van der Waals surface area (Å²) >= 11 is 1.86. The fraction of sp³-hybridized carbons (Fsp3) is 0.250. The predicted molar refractivity (Wildman–Crippen MR) is 135 cm³/mol. The Morgan fingerprint density at radius 2 is 1.84 bits per heavy atom. The van der Waals surface area contributed by atoms with Gasteiger partial charge in [-0.05, 0) is 53.7 Å². The Kier molecular flexibility index (Phi) is 5.26. The second kappa shape index (κ2) is 8.10. The maximum absolute atomic E-state index is 6.00. The van der Waals surface area contributed by atoms with E-state index in [1.54, 1.807) is 0 Å². The lowest BCUT2D eigenvalue weighted by molar-refractivity contribution is -0.642. The maximum Gasteiger partial charge on any atom is 0.262 e. The molecule has 2 aromatic carbocycles. The summed E-state index contributed by atoms with van der Waals surface area (Å²) in [4.78, 5) is 2.09. The van der Waals surface area contributed by atoms with Crippen molar-refractivity contribution in [1.29, 1.82) is 0 Å². The number of nitrogens with zero attached hydrogens (tertiary/aromatic N) is 2. The van der Waals surface area contributed by atoms with E-state index in [-0.39, 0.29) is 5.41 Å². The Balaban J connectivity index is 1.41. The van der Waals surface area contributed by atoms with Crippen molar-refractivity contribution in [2.45, 2.75) is 26.7 Å². The van der Waals surface area contributed by atoms with Gasteiger partial charge in [-0.15, -0.1) is 0 Å². The quantitative estimate of drug-likeness (QED) is 0.417. The van der Waals surface area contributed by atoms with Gasteiger partial charge in [0.1, 0.15) is 11.7 Å². The highest BCUT2D eigenvalue weighted by atomic mass is 32.1. The zero-order valence-electron chi connectivity index (χ0n) is 19.1. The molecule has 0 spiro atoms.